The third kappa shape index (κ3) is 3.25. The molecule has 0 nitrogen and oxygen atoms in total. The first-order valence-electron chi connectivity index (χ1n) is 3.53. The Morgan fingerprint density at radius 3 is 2.55 bits per heavy atom. The molecule has 1 rings (SSSR count). The molecule has 0 bridgehead atoms. The zero-order valence-electron chi connectivity index (χ0n) is 6.18. The zero-order valence-corrected chi connectivity index (χ0v) is 7.76. The number of hydrogen-bond donors (Lipinski definition) is 0. The molecule has 0 aliphatic heterocycles. The van der Waals surface area contributed by atoms with Crippen LogP contribution < -0.4 is 0 Å². The summed E-state index contributed by atoms with van der Waals surface area (Å²) in [6.07, 6.45) is 0.912. The average molecular weight is 209 g/mol. The van der Waals surface area contributed by atoms with Gasteiger partial charge in [0.1, 0.15) is 0 Å². The molecule has 0 saturated carbocycles. The summed E-state index contributed by atoms with van der Waals surface area (Å²) in [4.78, 5) is 0. The normalized spacial score (nSPS) is 8.45. The van der Waals surface area contributed by atoms with Crippen LogP contribution in [0.1, 0.15) is 12.0 Å². The van der Waals surface area contributed by atoms with E-state index in [9.17, 15) is 0 Å². The first-order valence-corrected chi connectivity index (χ1v) is 4.65. The van der Waals surface area contributed by atoms with E-state index in [2.05, 4.69) is 27.8 Å². The van der Waals surface area contributed by atoms with Crippen molar-refractivity contribution in [3.05, 3.63) is 35.9 Å². The highest BCUT2D eigenvalue weighted by atomic mass is 79.9. The van der Waals surface area contributed by atoms with Crippen molar-refractivity contribution in [1.82, 2.24) is 0 Å². The van der Waals surface area contributed by atoms with E-state index in [1.165, 1.54) is 0 Å². The molecule has 0 aromatic heterocycles. The molecule has 1 aromatic rings. The Labute approximate surface area is 75.8 Å². The molecule has 0 unspecified atom stereocenters. The van der Waals surface area contributed by atoms with Crippen LogP contribution in [0.2, 0.25) is 0 Å². The molecular weight excluding hydrogens is 200 g/mol. The largest absolute Gasteiger partial charge is 0.0970 e. The van der Waals surface area contributed by atoms with Gasteiger partial charge in [-0.05, 0) is 12.1 Å². The van der Waals surface area contributed by atoms with Gasteiger partial charge >= 0.3 is 0 Å². The number of rotatable bonds is 1. The van der Waals surface area contributed by atoms with E-state index in [0.717, 1.165) is 17.3 Å². The van der Waals surface area contributed by atoms with Crippen LogP contribution in [-0.4, -0.2) is 5.33 Å². The topological polar surface area (TPSA) is 0 Å². The minimum absolute atomic E-state index is 0.912. The summed E-state index contributed by atoms with van der Waals surface area (Å²) in [5.41, 5.74) is 1.09. The Hall–Kier alpha value is -0.740. The monoisotopic (exact) mass is 208 g/mol. The molecule has 0 radical (unpaired) electrons. The van der Waals surface area contributed by atoms with Gasteiger partial charge < -0.3 is 0 Å². The van der Waals surface area contributed by atoms with E-state index in [1.807, 2.05) is 30.3 Å². The SMILES string of the molecule is BrCCC#Cc1ccccc1. The van der Waals surface area contributed by atoms with Crippen LogP contribution in [0.4, 0.5) is 0 Å². The van der Waals surface area contributed by atoms with Crippen LogP contribution in [0.15, 0.2) is 30.3 Å². The predicted molar refractivity (Wildman–Crippen MR) is 51.7 cm³/mol. The van der Waals surface area contributed by atoms with Crippen molar-refractivity contribution in [3.63, 3.8) is 0 Å². The van der Waals surface area contributed by atoms with Crippen LogP contribution in [-0.2, 0) is 0 Å². The lowest BCUT2D eigenvalue weighted by molar-refractivity contribution is 1.32. The van der Waals surface area contributed by atoms with E-state index in [-0.39, 0.29) is 0 Å². The van der Waals surface area contributed by atoms with Gasteiger partial charge in [0.25, 0.3) is 0 Å². The molecule has 56 valence electrons. The van der Waals surface area contributed by atoms with Crippen molar-refractivity contribution in [1.29, 1.82) is 0 Å². The Balaban J connectivity index is 2.59. The highest BCUT2D eigenvalue weighted by Gasteiger charge is 1.79. The maximum absolute atomic E-state index is 3.32. The second-order valence-corrected chi connectivity index (χ2v) is 2.90. The van der Waals surface area contributed by atoms with E-state index in [1.54, 1.807) is 0 Å². The Morgan fingerprint density at radius 2 is 1.91 bits per heavy atom. The van der Waals surface area contributed by atoms with Crippen molar-refractivity contribution >= 4 is 15.9 Å². The quantitative estimate of drug-likeness (QED) is 0.492. The Kier molecular flexibility index (Phi) is 3.79. The second kappa shape index (κ2) is 4.98. The second-order valence-electron chi connectivity index (χ2n) is 2.11. The fourth-order valence-electron chi connectivity index (χ4n) is 0.733. The van der Waals surface area contributed by atoms with Gasteiger partial charge in [-0.3, -0.25) is 0 Å². The van der Waals surface area contributed by atoms with Crippen molar-refractivity contribution in [2.24, 2.45) is 0 Å². The summed E-state index contributed by atoms with van der Waals surface area (Å²) < 4.78 is 0. The molecule has 1 aromatic carbocycles. The van der Waals surface area contributed by atoms with Gasteiger partial charge in [-0.2, -0.15) is 0 Å². The van der Waals surface area contributed by atoms with Gasteiger partial charge in [-0.1, -0.05) is 46.0 Å². The molecule has 0 atom stereocenters. The molecule has 0 saturated heterocycles. The van der Waals surface area contributed by atoms with Gasteiger partial charge in [0.15, 0.2) is 0 Å². The average Bonchev–Trinajstić information content (AvgIpc) is 2.07. The lowest BCUT2D eigenvalue weighted by Crippen LogP contribution is -1.71. The van der Waals surface area contributed by atoms with Crippen molar-refractivity contribution in [2.45, 2.75) is 6.42 Å². The molecule has 0 spiro atoms. The van der Waals surface area contributed by atoms with Gasteiger partial charge in [0.05, 0.1) is 0 Å². The van der Waals surface area contributed by atoms with Crippen molar-refractivity contribution < 1.29 is 0 Å². The third-order valence-corrected chi connectivity index (χ3v) is 1.62. The van der Waals surface area contributed by atoms with Gasteiger partial charge in [-0.25, -0.2) is 0 Å². The molecule has 0 aliphatic rings. The number of alkyl halides is 1. The minimum atomic E-state index is 0.912. The molecule has 0 heterocycles. The Morgan fingerprint density at radius 1 is 1.18 bits per heavy atom. The van der Waals surface area contributed by atoms with Gasteiger partial charge in [0.2, 0.25) is 0 Å². The highest BCUT2D eigenvalue weighted by Crippen LogP contribution is 1.95. The molecular formula is C10H9Br. The van der Waals surface area contributed by atoms with Crippen LogP contribution in [0.5, 0.6) is 0 Å². The summed E-state index contributed by atoms with van der Waals surface area (Å²) >= 11 is 3.32. The van der Waals surface area contributed by atoms with Gasteiger partial charge in [-0.15, -0.1) is 0 Å². The van der Waals surface area contributed by atoms with E-state index in [0.29, 0.717) is 0 Å². The summed E-state index contributed by atoms with van der Waals surface area (Å²) in [6.45, 7) is 0. The number of benzene rings is 1. The van der Waals surface area contributed by atoms with Crippen LogP contribution in [0.3, 0.4) is 0 Å². The number of halogens is 1. The Bertz CT molecular complexity index is 253. The first kappa shape index (κ1) is 8.36. The van der Waals surface area contributed by atoms with Gasteiger partial charge in [0, 0.05) is 17.3 Å². The predicted octanol–water partition coefficient (Wildman–Crippen LogP) is 2.82. The standard InChI is InChI=1S/C10H9Br/c11-9-5-4-8-10-6-2-1-3-7-10/h1-3,6-7H,5,9H2. The smallest absolute Gasteiger partial charge is 0.0245 e. The fraction of sp³-hybridized carbons (Fsp3) is 0.200. The molecule has 1 heteroatoms. The summed E-state index contributed by atoms with van der Waals surface area (Å²) in [6, 6.07) is 10.0. The fourth-order valence-corrected chi connectivity index (χ4v) is 0.932. The molecule has 0 aliphatic carbocycles. The lowest BCUT2D eigenvalue weighted by Gasteiger charge is -1.85. The van der Waals surface area contributed by atoms with E-state index in [4.69, 9.17) is 0 Å². The maximum Gasteiger partial charge on any atom is 0.0245 e. The van der Waals surface area contributed by atoms with Crippen molar-refractivity contribution in [3.8, 4) is 11.8 Å². The number of hydrogen-bond acceptors (Lipinski definition) is 0. The molecule has 0 N–H and O–H groups in total. The summed E-state index contributed by atoms with van der Waals surface area (Å²) in [5.74, 6) is 6.12. The maximum atomic E-state index is 3.32. The minimum Gasteiger partial charge on any atom is -0.0970 e. The van der Waals surface area contributed by atoms with E-state index >= 15 is 0 Å². The zero-order chi connectivity index (χ0) is 7.94. The molecule has 0 amide bonds. The highest BCUT2D eigenvalue weighted by molar-refractivity contribution is 9.09. The van der Waals surface area contributed by atoms with Crippen molar-refractivity contribution in [2.75, 3.05) is 5.33 Å². The molecule has 0 fully saturated rings. The van der Waals surface area contributed by atoms with Crippen LogP contribution in [0.25, 0.3) is 0 Å². The first-order chi connectivity index (χ1) is 5.43. The van der Waals surface area contributed by atoms with Crippen LogP contribution >= 0.6 is 15.9 Å². The van der Waals surface area contributed by atoms with E-state index < -0.39 is 0 Å². The summed E-state index contributed by atoms with van der Waals surface area (Å²) in [7, 11) is 0. The molecule has 11 heavy (non-hydrogen) atoms. The lowest BCUT2D eigenvalue weighted by atomic mass is 10.2. The third-order valence-electron chi connectivity index (χ3n) is 1.23. The summed E-state index contributed by atoms with van der Waals surface area (Å²) in [5, 5.41) is 0.951. The van der Waals surface area contributed by atoms with Crippen LogP contribution in [0, 0.1) is 11.8 Å².